The van der Waals surface area contributed by atoms with E-state index in [1.165, 1.54) is 9.82 Å². The zero-order valence-corrected chi connectivity index (χ0v) is 20.4. The largest absolute Gasteiger partial charge is 0.372 e. The molecule has 0 aliphatic carbocycles. The molecule has 6 nitrogen and oxygen atoms in total. The molecule has 4 aromatic rings. The summed E-state index contributed by atoms with van der Waals surface area (Å²) in [4.78, 5) is 7.64. The number of hydrogen-bond donors (Lipinski definition) is 0. The van der Waals surface area contributed by atoms with Gasteiger partial charge in [-0.05, 0) is 55.2 Å². The number of piperidine rings is 1. The van der Waals surface area contributed by atoms with Gasteiger partial charge in [0.2, 0.25) is 10.0 Å². The first kappa shape index (κ1) is 22.6. The molecule has 1 aromatic heterocycles. The summed E-state index contributed by atoms with van der Waals surface area (Å²) < 4.78 is 28.3. The molecule has 1 aliphatic heterocycles. The highest BCUT2D eigenvalue weighted by molar-refractivity contribution is 7.89. The molecule has 3 aromatic carbocycles. The van der Waals surface area contributed by atoms with Gasteiger partial charge in [0.05, 0.1) is 15.9 Å². The van der Waals surface area contributed by atoms with Crippen LogP contribution in [-0.2, 0) is 16.6 Å². The van der Waals surface area contributed by atoms with Gasteiger partial charge < -0.3 is 9.47 Å². The maximum atomic E-state index is 12.3. The van der Waals surface area contributed by atoms with Gasteiger partial charge in [0, 0.05) is 45.0 Å². The molecule has 0 saturated carbocycles. The molecule has 0 unspecified atom stereocenters. The van der Waals surface area contributed by atoms with E-state index in [0.717, 1.165) is 55.1 Å². The molecular formula is C27H30N4O2S. The van der Waals surface area contributed by atoms with Gasteiger partial charge in [0.15, 0.2) is 0 Å². The van der Waals surface area contributed by atoms with Crippen molar-refractivity contribution in [1.29, 1.82) is 0 Å². The Kier molecular flexibility index (Phi) is 6.15. The van der Waals surface area contributed by atoms with Gasteiger partial charge in [-0.3, -0.25) is 0 Å². The highest BCUT2D eigenvalue weighted by atomic mass is 32.2. The van der Waals surface area contributed by atoms with Crippen molar-refractivity contribution in [3.8, 4) is 11.4 Å². The van der Waals surface area contributed by atoms with E-state index in [1.54, 1.807) is 26.2 Å². The lowest BCUT2D eigenvalue weighted by Crippen LogP contribution is -2.35. The van der Waals surface area contributed by atoms with Crippen LogP contribution in [-0.4, -0.2) is 49.5 Å². The molecule has 2 heterocycles. The molecule has 1 saturated heterocycles. The fraction of sp³-hybridized carbons (Fsp3) is 0.296. The van der Waals surface area contributed by atoms with Crippen LogP contribution in [0.1, 0.15) is 12.8 Å². The lowest BCUT2D eigenvalue weighted by Gasteiger charge is -2.34. The quantitative estimate of drug-likeness (QED) is 0.400. The first-order chi connectivity index (χ1) is 16.4. The fourth-order valence-electron chi connectivity index (χ4n) is 4.74. The topological polar surface area (TPSA) is 58.4 Å². The average molecular weight is 475 g/mol. The zero-order valence-electron chi connectivity index (χ0n) is 19.6. The minimum atomic E-state index is -3.40. The number of fused-ring (bicyclic) bond motifs is 1. The lowest BCUT2D eigenvalue weighted by atomic mass is 9.96. The third-order valence-electron chi connectivity index (χ3n) is 6.72. The molecule has 0 bridgehead atoms. The van der Waals surface area contributed by atoms with Crippen molar-refractivity contribution in [2.75, 3.05) is 32.1 Å². The summed E-state index contributed by atoms with van der Waals surface area (Å²) in [5.41, 5.74) is 4.44. The molecule has 0 spiro atoms. The van der Waals surface area contributed by atoms with Crippen molar-refractivity contribution >= 4 is 26.7 Å². The Morgan fingerprint density at radius 1 is 0.882 bits per heavy atom. The number of rotatable bonds is 6. The molecule has 0 radical (unpaired) electrons. The Labute approximate surface area is 201 Å². The Balaban J connectivity index is 1.31. The van der Waals surface area contributed by atoms with Crippen molar-refractivity contribution in [1.82, 2.24) is 13.9 Å². The van der Waals surface area contributed by atoms with Crippen LogP contribution in [0.4, 0.5) is 5.69 Å². The third-order valence-corrected chi connectivity index (χ3v) is 8.55. The monoisotopic (exact) mass is 474 g/mol. The van der Waals surface area contributed by atoms with E-state index in [0.29, 0.717) is 10.8 Å². The van der Waals surface area contributed by atoms with Crippen LogP contribution in [0.2, 0.25) is 0 Å². The van der Waals surface area contributed by atoms with Gasteiger partial charge in [-0.25, -0.2) is 17.7 Å². The highest BCUT2D eigenvalue weighted by Crippen LogP contribution is 2.30. The van der Waals surface area contributed by atoms with E-state index < -0.39 is 10.0 Å². The van der Waals surface area contributed by atoms with E-state index in [9.17, 15) is 8.42 Å². The van der Waals surface area contributed by atoms with Crippen LogP contribution in [0.3, 0.4) is 0 Å². The molecule has 176 valence electrons. The summed E-state index contributed by atoms with van der Waals surface area (Å²) >= 11 is 0. The summed E-state index contributed by atoms with van der Waals surface area (Å²) in [5.74, 6) is 1.59. The second-order valence-electron chi connectivity index (χ2n) is 9.11. The molecule has 0 atom stereocenters. The summed E-state index contributed by atoms with van der Waals surface area (Å²) in [7, 11) is -0.289. The fourth-order valence-corrected chi connectivity index (χ4v) is 5.64. The van der Waals surface area contributed by atoms with E-state index in [-0.39, 0.29) is 0 Å². The van der Waals surface area contributed by atoms with Crippen LogP contribution in [0.25, 0.3) is 22.4 Å². The number of sulfonamides is 1. The molecule has 0 amide bonds. The normalized spacial score (nSPS) is 15.3. The van der Waals surface area contributed by atoms with Gasteiger partial charge in [-0.2, -0.15) is 0 Å². The number of imidazole rings is 1. The van der Waals surface area contributed by atoms with E-state index in [2.05, 4.69) is 51.9 Å². The molecule has 34 heavy (non-hydrogen) atoms. The summed E-state index contributed by atoms with van der Waals surface area (Å²) in [6.45, 7) is 2.86. The lowest BCUT2D eigenvalue weighted by molar-refractivity contribution is 0.362. The van der Waals surface area contributed by atoms with Crippen molar-refractivity contribution < 1.29 is 8.42 Å². The Bertz CT molecular complexity index is 1370. The summed E-state index contributed by atoms with van der Waals surface area (Å²) in [5, 5.41) is 0. The molecule has 7 heteroatoms. The van der Waals surface area contributed by atoms with Crippen molar-refractivity contribution in [3.63, 3.8) is 0 Å². The maximum absolute atomic E-state index is 12.3. The number of anilines is 1. The van der Waals surface area contributed by atoms with Crippen LogP contribution in [0.5, 0.6) is 0 Å². The van der Waals surface area contributed by atoms with Gasteiger partial charge in [-0.1, -0.05) is 42.5 Å². The number of aromatic nitrogens is 2. The number of para-hydroxylation sites is 2. The molecule has 5 rings (SSSR count). The van der Waals surface area contributed by atoms with Gasteiger partial charge in [0.1, 0.15) is 5.82 Å². The predicted molar refractivity (Wildman–Crippen MR) is 137 cm³/mol. The van der Waals surface area contributed by atoms with Gasteiger partial charge in [-0.15, -0.1) is 0 Å². The average Bonchev–Trinajstić information content (AvgIpc) is 3.23. The standard InChI is InChI=1S/C27H30N4O2S/c1-29(2)34(32,33)24-14-12-23(13-15-24)30-18-16-21(17-19-30)20-31-26-11-7-6-10-25(26)28-27(31)22-8-4-3-5-9-22/h3-15,21H,16-20H2,1-2H3. The SMILES string of the molecule is CN(C)S(=O)(=O)c1ccc(N2CCC(Cn3c(-c4ccccc4)nc4ccccc43)CC2)cc1. The van der Waals surface area contributed by atoms with Crippen molar-refractivity contribution in [2.24, 2.45) is 5.92 Å². The van der Waals surface area contributed by atoms with E-state index in [4.69, 9.17) is 4.98 Å². The smallest absolute Gasteiger partial charge is 0.242 e. The van der Waals surface area contributed by atoms with Gasteiger partial charge in [0.25, 0.3) is 0 Å². The van der Waals surface area contributed by atoms with Crippen LogP contribution < -0.4 is 4.90 Å². The molecule has 0 N–H and O–H groups in total. The third kappa shape index (κ3) is 4.33. The second kappa shape index (κ2) is 9.24. The minimum Gasteiger partial charge on any atom is -0.372 e. The van der Waals surface area contributed by atoms with Crippen molar-refractivity contribution in [2.45, 2.75) is 24.3 Å². The molecule has 1 fully saturated rings. The summed E-state index contributed by atoms with van der Waals surface area (Å²) in [6, 6.07) is 26.0. The Morgan fingerprint density at radius 3 is 2.21 bits per heavy atom. The van der Waals surface area contributed by atoms with E-state index in [1.807, 2.05) is 24.3 Å². The first-order valence-corrected chi connectivity index (χ1v) is 13.2. The number of nitrogens with zero attached hydrogens (tertiary/aromatic N) is 4. The zero-order chi connectivity index (χ0) is 23.7. The van der Waals surface area contributed by atoms with E-state index >= 15 is 0 Å². The molecule has 1 aliphatic rings. The van der Waals surface area contributed by atoms with Crippen LogP contribution in [0, 0.1) is 5.92 Å². The second-order valence-corrected chi connectivity index (χ2v) is 11.3. The highest BCUT2D eigenvalue weighted by Gasteiger charge is 2.23. The Hall–Kier alpha value is -3.16. The van der Waals surface area contributed by atoms with Crippen LogP contribution >= 0.6 is 0 Å². The van der Waals surface area contributed by atoms with Crippen LogP contribution in [0.15, 0.2) is 83.8 Å². The number of hydrogen-bond acceptors (Lipinski definition) is 4. The molecular weight excluding hydrogens is 444 g/mol. The number of benzene rings is 3. The van der Waals surface area contributed by atoms with Gasteiger partial charge >= 0.3 is 0 Å². The maximum Gasteiger partial charge on any atom is 0.242 e. The Morgan fingerprint density at radius 2 is 1.53 bits per heavy atom. The summed E-state index contributed by atoms with van der Waals surface area (Å²) in [6.07, 6.45) is 2.16. The predicted octanol–water partition coefficient (Wildman–Crippen LogP) is 4.87. The first-order valence-electron chi connectivity index (χ1n) is 11.7. The van der Waals surface area contributed by atoms with Crippen molar-refractivity contribution in [3.05, 3.63) is 78.9 Å². The minimum absolute atomic E-state index is 0.330.